The van der Waals surface area contributed by atoms with E-state index in [9.17, 15) is 13.9 Å². The number of ether oxygens (including phenoxy) is 3. The highest BCUT2D eigenvalue weighted by atomic mass is 19.3. The highest BCUT2D eigenvalue weighted by Crippen LogP contribution is 2.33. The van der Waals surface area contributed by atoms with Crippen LogP contribution in [-0.4, -0.2) is 43.1 Å². The molecule has 2 aromatic rings. The Morgan fingerprint density at radius 1 is 1.06 bits per heavy atom. The molecule has 0 bridgehead atoms. The Kier molecular flexibility index (Phi) is 10.5. The number of alkyl halides is 2. The first-order chi connectivity index (χ1) is 16.7. The van der Waals surface area contributed by atoms with Gasteiger partial charge >= 0.3 is 0 Å². The summed E-state index contributed by atoms with van der Waals surface area (Å²) in [6.07, 6.45) is 1.98. The number of benzene rings is 2. The Morgan fingerprint density at radius 3 is 2.66 bits per heavy atom. The number of aliphatic hydroxyl groups is 1. The molecule has 35 heavy (non-hydrogen) atoms. The molecule has 7 heteroatoms. The fourth-order valence-electron chi connectivity index (χ4n) is 4.02. The number of rotatable bonds is 15. The smallest absolute Gasteiger partial charge is 0.250 e. The number of aryl methyl sites for hydroxylation is 1. The summed E-state index contributed by atoms with van der Waals surface area (Å²) in [5.41, 5.74) is 2.92. The van der Waals surface area contributed by atoms with E-state index in [0.29, 0.717) is 32.7 Å². The van der Waals surface area contributed by atoms with Crippen LogP contribution in [0, 0.1) is 0 Å². The van der Waals surface area contributed by atoms with Crippen LogP contribution in [0.4, 0.5) is 8.78 Å². The zero-order chi connectivity index (χ0) is 25.2. The second kappa shape index (κ2) is 13.3. The van der Waals surface area contributed by atoms with E-state index in [-0.39, 0.29) is 19.4 Å². The zero-order valence-corrected chi connectivity index (χ0v) is 20.9. The van der Waals surface area contributed by atoms with Crippen molar-refractivity contribution in [2.45, 2.75) is 76.8 Å². The van der Waals surface area contributed by atoms with E-state index in [2.05, 4.69) is 17.4 Å². The molecule has 5 nitrogen and oxygen atoms in total. The van der Waals surface area contributed by atoms with E-state index in [1.807, 2.05) is 50.2 Å². The van der Waals surface area contributed by atoms with Gasteiger partial charge in [0.15, 0.2) is 0 Å². The minimum atomic E-state index is -2.74. The molecule has 0 saturated carbocycles. The number of aliphatic hydroxyl groups excluding tert-OH is 1. The minimum absolute atomic E-state index is 0.0768. The summed E-state index contributed by atoms with van der Waals surface area (Å²) in [6.45, 7) is 5.43. The predicted octanol–water partition coefficient (Wildman–Crippen LogP) is 5.80. The number of unbranched alkanes of at least 4 members (excludes halogenated alkanes) is 1. The van der Waals surface area contributed by atoms with Crippen LogP contribution in [0.3, 0.4) is 0 Å². The lowest BCUT2D eigenvalue weighted by molar-refractivity contribution is -0.180. The van der Waals surface area contributed by atoms with E-state index >= 15 is 0 Å². The average molecular weight is 492 g/mol. The molecule has 1 aliphatic rings. The number of hydrogen-bond donors (Lipinski definition) is 2. The van der Waals surface area contributed by atoms with E-state index in [1.54, 1.807) is 0 Å². The molecular formula is C28H39F2NO4. The number of fused-ring (bicyclic) bond motifs is 1. The van der Waals surface area contributed by atoms with Gasteiger partial charge in [0.2, 0.25) is 11.7 Å². The van der Waals surface area contributed by atoms with Gasteiger partial charge in [0, 0.05) is 45.4 Å². The minimum Gasteiger partial charge on any atom is -0.463 e. The van der Waals surface area contributed by atoms with E-state index in [4.69, 9.17) is 14.2 Å². The molecule has 2 aromatic carbocycles. The van der Waals surface area contributed by atoms with Gasteiger partial charge in [0.05, 0.1) is 19.3 Å². The average Bonchev–Trinajstić information content (AvgIpc) is 2.83. The van der Waals surface area contributed by atoms with Gasteiger partial charge in [-0.1, -0.05) is 36.4 Å². The third kappa shape index (κ3) is 9.84. The predicted molar refractivity (Wildman–Crippen MR) is 133 cm³/mol. The van der Waals surface area contributed by atoms with Gasteiger partial charge in [-0.25, -0.2) is 8.78 Å². The Labute approximate surface area is 207 Å². The topological polar surface area (TPSA) is 60.0 Å². The number of nitrogens with one attached hydrogen (secondary N) is 1. The lowest BCUT2D eigenvalue weighted by atomic mass is 10.0. The summed E-state index contributed by atoms with van der Waals surface area (Å²) in [7, 11) is 0. The summed E-state index contributed by atoms with van der Waals surface area (Å²) in [5.74, 6) is -2.65. The Balaban J connectivity index is 1.23. The lowest BCUT2D eigenvalue weighted by Crippen LogP contribution is -2.35. The van der Waals surface area contributed by atoms with Crippen molar-refractivity contribution in [2.75, 3.05) is 26.3 Å². The molecular weight excluding hydrogens is 452 g/mol. The third-order valence-electron chi connectivity index (χ3n) is 6.09. The Hall–Kier alpha value is -2.06. The molecule has 194 valence electrons. The molecule has 0 fully saturated rings. The van der Waals surface area contributed by atoms with E-state index < -0.39 is 17.8 Å². The van der Waals surface area contributed by atoms with Crippen molar-refractivity contribution in [1.29, 1.82) is 0 Å². The fourth-order valence-corrected chi connectivity index (χ4v) is 4.02. The summed E-state index contributed by atoms with van der Waals surface area (Å²) in [5, 5.41) is 13.5. The van der Waals surface area contributed by atoms with E-state index in [0.717, 1.165) is 36.1 Å². The van der Waals surface area contributed by atoms with Crippen molar-refractivity contribution in [2.24, 2.45) is 0 Å². The molecule has 1 aliphatic heterocycles. The van der Waals surface area contributed by atoms with Crippen LogP contribution >= 0.6 is 0 Å². The highest BCUT2D eigenvalue weighted by molar-refractivity contribution is 5.39. The second-order valence-corrected chi connectivity index (χ2v) is 9.64. The first-order valence-electron chi connectivity index (χ1n) is 12.6. The molecule has 2 N–H and O–H groups in total. The summed E-state index contributed by atoms with van der Waals surface area (Å²) < 4.78 is 45.0. The van der Waals surface area contributed by atoms with Crippen LogP contribution < -0.4 is 10.1 Å². The first kappa shape index (κ1) is 27.5. The van der Waals surface area contributed by atoms with Crippen LogP contribution in [0.2, 0.25) is 0 Å². The quantitative estimate of drug-likeness (QED) is 0.309. The Bertz CT molecular complexity index is 892. The van der Waals surface area contributed by atoms with Gasteiger partial charge < -0.3 is 24.6 Å². The second-order valence-electron chi connectivity index (χ2n) is 9.64. The third-order valence-corrected chi connectivity index (χ3v) is 6.09. The molecule has 0 aromatic heterocycles. The van der Waals surface area contributed by atoms with Crippen molar-refractivity contribution < 1.29 is 28.1 Å². The molecule has 0 amide bonds. The van der Waals surface area contributed by atoms with Gasteiger partial charge in [-0.05, 0) is 55.5 Å². The van der Waals surface area contributed by atoms with Crippen molar-refractivity contribution in [3.05, 3.63) is 65.2 Å². The van der Waals surface area contributed by atoms with Crippen LogP contribution in [-0.2, 0) is 22.5 Å². The Morgan fingerprint density at radius 2 is 1.86 bits per heavy atom. The summed E-state index contributed by atoms with van der Waals surface area (Å²) in [6, 6.07) is 15.8. The molecule has 0 spiro atoms. The molecule has 1 atom stereocenters. The van der Waals surface area contributed by atoms with Crippen LogP contribution in [0.15, 0.2) is 48.5 Å². The fraction of sp³-hybridized carbons (Fsp3) is 0.571. The van der Waals surface area contributed by atoms with Gasteiger partial charge in [0.25, 0.3) is 0 Å². The van der Waals surface area contributed by atoms with Crippen LogP contribution in [0.5, 0.6) is 5.75 Å². The summed E-state index contributed by atoms with van der Waals surface area (Å²) >= 11 is 0. The molecule has 1 heterocycles. The standard InChI is InChI=1S/C28H39F2NO4/c1-27(2)34-21-24-19-23(12-13-26(24)35-27)25(32)20-31-16-8-14-28(29,30)15-18-33-17-7-6-11-22-9-4-3-5-10-22/h3-5,9-10,12-13,19,25,31-32H,6-8,11,14-18,20-21H2,1-2H3. The molecule has 0 radical (unpaired) electrons. The molecule has 0 saturated heterocycles. The van der Waals surface area contributed by atoms with Crippen molar-refractivity contribution >= 4 is 0 Å². The maximum atomic E-state index is 14.1. The largest absolute Gasteiger partial charge is 0.463 e. The van der Waals surface area contributed by atoms with Crippen LogP contribution in [0.1, 0.15) is 68.7 Å². The van der Waals surface area contributed by atoms with Crippen molar-refractivity contribution in [3.63, 3.8) is 0 Å². The monoisotopic (exact) mass is 491 g/mol. The first-order valence-corrected chi connectivity index (χ1v) is 12.6. The van der Waals surface area contributed by atoms with Gasteiger partial charge in [-0.2, -0.15) is 0 Å². The van der Waals surface area contributed by atoms with E-state index in [1.165, 1.54) is 5.56 Å². The summed E-state index contributed by atoms with van der Waals surface area (Å²) in [4.78, 5) is 0. The van der Waals surface area contributed by atoms with Gasteiger partial charge in [-0.3, -0.25) is 0 Å². The van der Waals surface area contributed by atoms with Crippen molar-refractivity contribution in [1.82, 2.24) is 5.32 Å². The van der Waals surface area contributed by atoms with Crippen molar-refractivity contribution in [3.8, 4) is 5.75 Å². The highest BCUT2D eigenvalue weighted by Gasteiger charge is 2.28. The molecule has 0 aliphatic carbocycles. The molecule has 3 rings (SSSR count). The molecule has 1 unspecified atom stereocenters. The SMILES string of the molecule is CC1(C)OCc2cc(C(O)CNCCCC(F)(F)CCOCCCCc3ccccc3)ccc2O1. The maximum Gasteiger partial charge on any atom is 0.250 e. The number of halogens is 2. The maximum absolute atomic E-state index is 14.1. The zero-order valence-electron chi connectivity index (χ0n) is 20.9. The lowest BCUT2D eigenvalue weighted by Gasteiger charge is -2.33. The van der Waals surface area contributed by atoms with Crippen LogP contribution in [0.25, 0.3) is 0 Å². The van der Waals surface area contributed by atoms with Gasteiger partial charge in [0.1, 0.15) is 5.75 Å². The normalized spacial score (nSPS) is 15.9. The van der Waals surface area contributed by atoms with Gasteiger partial charge in [-0.15, -0.1) is 0 Å². The number of hydrogen-bond acceptors (Lipinski definition) is 5.